The third kappa shape index (κ3) is 1.06. The van der Waals surface area contributed by atoms with Crippen LogP contribution in [0.3, 0.4) is 0 Å². The standard InChI is InChI=1S/C18H10O/c1-2-6-13-12(4-1)10-16-18-14(13)9-8-11-5-3-7-15(19-16)17(11)18/h1-10H. The number of hydrogen-bond donors (Lipinski definition) is 0. The topological polar surface area (TPSA) is 13.1 Å². The maximum absolute atomic E-state index is 6.02. The van der Waals surface area contributed by atoms with E-state index in [-0.39, 0.29) is 0 Å². The van der Waals surface area contributed by atoms with Crippen molar-refractivity contribution in [3.8, 4) is 0 Å². The fourth-order valence-corrected chi connectivity index (χ4v) is 3.19. The average molecular weight is 242 g/mol. The van der Waals surface area contributed by atoms with Crippen molar-refractivity contribution in [2.75, 3.05) is 0 Å². The van der Waals surface area contributed by atoms with Gasteiger partial charge in [0.1, 0.15) is 11.2 Å². The molecular weight excluding hydrogens is 232 g/mol. The quantitative estimate of drug-likeness (QED) is 0.334. The van der Waals surface area contributed by atoms with Gasteiger partial charge in [0, 0.05) is 10.8 Å². The molecule has 5 aromatic rings. The molecule has 0 atom stereocenters. The second-order valence-corrected chi connectivity index (χ2v) is 5.04. The van der Waals surface area contributed by atoms with Gasteiger partial charge in [0.25, 0.3) is 0 Å². The Hall–Kier alpha value is -2.54. The largest absolute Gasteiger partial charge is 0.456 e. The molecule has 0 aliphatic rings. The van der Waals surface area contributed by atoms with Gasteiger partial charge in [0.2, 0.25) is 0 Å². The number of furan rings is 1. The molecular formula is C18H10O. The van der Waals surface area contributed by atoms with Gasteiger partial charge in [-0.2, -0.15) is 0 Å². The molecule has 1 aromatic heterocycles. The minimum absolute atomic E-state index is 0.980. The molecule has 0 fully saturated rings. The highest BCUT2D eigenvalue weighted by molar-refractivity contribution is 6.27. The van der Waals surface area contributed by atoms with Gasteiger partial charge in [-0.1, -0.05) is 48.5 Å². The molecule has 1 nitrogen and oxygen atoms in total. The van der Waals surface area contributed by atoms with Crippen LogP contribution in [0.5, 0.6) is 0 Å². The van der Waals surface area contributed by atoms with Crippen LogP contribution in [-0.2, 0) is 0 Å². The van der Waals surface area contributed by atoms with Crippen molar-refractivity contribution < 1.29 is 4.42 Å². The van der Waals surface area contributed by atoms with Crippen LogP contribution in [-0.4, -0.2) is 0 Å². The molecule has 0 bridgehead atoms. The molecule has 0 saturated heterocycles. The fraction of sp³-hybridized carbons (Fsp3) is 0. The van der Waals surface area contributed by atoms with E-state index in [2.05, 4.69) is 54.6 Å². The molecule has 4 aromatic carbocycles. The highest BCUT2D eigenvalue weighted by atomic mass is 16.3. The molecule has 0 spiro atoms. The summed E-state index contributed by atoms with van der Waals surface area (Å²) in [6.07, 6.45) is 0. The lowest BCUT2D eigenvalue weighted by atomic mass is 9.97. The van der Waals surface area contributed by atoms with Gasteiger partial charge in [0.05, 0.1) is 0 Å². The predicted molar refractivity (Wildman–Crippen MR) is 79.9 cm³/mol. The van der Waals surface area contributed by atoms with Crippen LogP contribution >= 0.6 is 0 Å². The van der Waals surface area contributed by atoms with E-state index in [4.69, 9.17) is 4.42 Å². The molecule has 0 saturated carbocycles. The molecule has 0 aliphatic carbocycles. The van der Waals surface area contributed by atoms with Crippen LogP contribution < -0.4 is 0 Å². The molecule has 0 aliphatic heterocycles. The van der Waals surface area contributed by atoms with Gasteiger partial charge in [0.15, 0.2) is 0 Å². The molecule has 0 amide bonds. The predicted octanol–water partition coefficient (Wildman–Crippen LogP) is 5.33. The zero-order chi connectivity index (χ0) is 12.4. The van der Waals surface area contributed by atoms with Gasteiger partial charge < -0.3 is 4.42 Å². The van der Waals surface area contributed by atoms with E-state index in [1.165, 1.54) is 32.3 Å². The number of benzene rings is 4. The molecule has 1 heteroatoms. The summed E-state index contributed by atoms with van der Waals surface area (Å²) in [4.78, 5) is 0. The van der Waals surface area contributed by atoms with E-state index in [0.717, 1.165) is 11.2 Å². The summed E-state index contributed by atoms with van der Waals surface area (Å²) < 4.78 is 6.02. The zero-order valence-electron chi connectivity index (χ0n) is 10.2. The monoisotopic (exact) mass is 242 g/mol. The lowest BCUT2D eigenvalue weighted by molar-refractivity contribution is 0.670. The van der Waals surface area contributed by atoms with Crippen molar-refractivity contribution in [1.82, 2.24) is 0 Å². The maximum atomic E-state index is 6.02. The third-order valence-electron chi connectivity index (χ3n) is 4.01. The number of fused-ring (bicyclic) bond motifs is 2. The van der Waals surface area contributed by atoms with E-state index < -0.39 is 0 Å². The fourth-order valence-electron chi connectivity index (χ4n) is 3.19. The molecule has 5 rings (SSSR count). The second kappa shape index (κ2) is 3.07. The van der Waals surface area contributed by atoms with Crippen molar-refractivity contribution in [2.24, 2.45) is 0 Å². The first kappa shape index (κ1) is 9.40. The number of hydrogen-bond acceptors (Lipinski definition) is 1. The molecule has 0 N–H and O–H groups in total. The highest BCUT2D eigenvalue weighted by Crippen LogP contribution is 2.40. The Bertz CT molecular complexity index is 1050. The van der Waals surface area contributed by atoms with Crippen LogP contribution in [0.2, 0.25) is 0 Å². The minimum atomic E-state index is 0.980. The summed E-state index contributed by atoms with van der Waals surface area (Å²) in [5.41, 5.74) is 1.97. The number of rotatable bonds is 0. The van der Waals surface area contributed by atoms with Gasteiger partial charge >= 0.3 is 0 Å². The average Bonchev–Trinajstić information content (AvgIpc) is 2.83. The summed E-state index contributed by atoms with van der Waals surface area (Å²) in [5.74, 6) is 0. The smallest absolute Gasteiger partial charge is 0.136 e. The summed E-state index contributed by atoms with van der Waals surface area (Å²) in [6.45, 7) is 0. The maximum Gasteiger partial charge on any atom is 0.136 e. The van der Waals surface area contributed by atoms with E-state index in [9.17, 15) is 0 Å². The van der Waals surface area contributed by atoms with Crippen molar-refractivity contribution >= 4 is 43.5 Å². The van der Waals surface area contributed by atoms with Crippen LogP contribution in [0.4, 0.5) is 0 Å². The summed E-state index contributed by atoms with van der Waals surface area (Å²) >= 11 is 0. The van der Waals surface area contributed by atoms with Crippen molar-refractivity contribution in [3.63, 3.8) is 0 Å². The first-order chi connectivity index (χ1) is 9.42. The van der Waals surface area contributed by atoms with Gasteiger partial charge in [-0.25, -0.2) is 0 Å². The Balaban J connectivity index is 2.25. The Morgan fingerprint density at radius 3 is 2.47 bits per heavy atom. The second-order valence-electron chi connectivity index (χ2n) is 5.04. The van der Waals surface area contributed by atoms with E-state index in [1.807, 2.05) is 6.07 Å². The molecule has 88 valence electrons. The van der Waals surface area contributed by atoms with E-state index in [0.29, 0.717) is 0 Å². The Labute approximate surface area is 109 Å². The van der Waals surface area contributed by atoms with E-state index in [1.54, 1.807) is 0 Å². The van der Waals surface area contributed by atoms with Crippen LogP contribution in [0, 0.1) is 0 Å². The normalized spacial score (nSPS) is 12.2. The summed E-state index contributed by atoms with van der Waals surface area (Å²) in [6, 6.07) is 21.3. The van der Waals surface area contributed by atoms with Crippen LogP contribution in [0.1, 0.15) is 0 Å². The summed E-state index contributed by atoms with van der Waals surface area (Å²) in [7, 11) is 0. The third-order valence-corrected chi connectivity index (χ3v) is 4.01. The Morgan fingerprint density at radius 1 is 0.579 bits per heavy atom. The SMILES string of the molecule is c1ccc2c(c1)cc1oc3cccc4ccc2c1c43. The molecule has 0 radical (unpaired) electrons. The van der Waals surface area contributed by atoms with E-state index >= 15 is 0 Å². The van der Waals surface area contributed by atoms with Crippen molar-refractivity contribution in [3.05, 3.63) is 60.7 Å². The first-order valence-corrected chi connectivity index (χ1v) is 6.47. The van der Waals surface area contributed by atoms with Crippen molar-refractivity contribution in [1.29, 1.82) is 0 Å². The van der Waals surface area contributed by atoms with Crippen molar-refractivity contribution in [2.45, 2.75) is 0 Å². The molecule has 0 unspecified atom stereocenters. The lowest BCUT2D eigenvalue weighted by Crippen LogP contribution is -1.78. The van der Waals surface area contributed by atoms with Gasteiger partial charge in [-0.3, -0.25) is 0 Å². The zero-order valence-corrected chi connectivity index (χ0v) is 10.2. The van der Waals surface area contributed by atoms with Crippen LogP contribution in [0.25, 0.3) is 43.5 Å². The molecule has 19 heavy (non-hydrogen) atoms. The van der Waals surface area contributed by atoms with Crippen LogP contribution in [0.15, 0.2) is 65.1 Å². The van der Waals surface area contributed by atoms with Gasteiger partial charge in [-0.15, -0.1) is 0 Å². The Kier molecular flexibility index (Phi) is 1.52. The molecule has 1 heterocycles. The lowest BCUT2D eigenvalue weighted by Gasteiger charge is -2.04. The first-order valence-electron chi connectivity index (χ1n) is 6.47. The highest BCUT2D eigenvalue weighted by Gasteiger charge is 2.14. The summed E-state index contributed by atoms with van der Waals surface area (Å²) in [5, 5.41) is 7.57. The minimum Gasteiger partial charge on any atom is -0.456 e. The van der Waals surface area contributed by atoms with Gasteiger partial charge in [-0.05, 0) is 33.7 Å². The Morgan fingerprint density at radius 2 is 1.47 bits per heavy atom.